The molecular weight excluding hydrogens is 270 g/mol. The molecule has 110 valence electrons. The van der Waals surface area contributed by atoms with E-state index in [0.29, 0.717) is 11.3 Å². The summed E-state index contributed by atoms with van der Waals surface area (Å²) in [5.74, 6) is -0.785. The normalized spacial score (nSPS) is 22.8. The van der Waals surface area contributed by atoms with Crippen LogP contribution in [0.25, 0.3) is 0 Å². The number of para-hydroxylation sites is 1. The van der Waals surface area contributed by atoms with Gasteiger partial charge in [-0.05, 0) is 37.8 Å². The number of carboxylic acids is 1. The molecule has 0 aromatic heterocycles. The number of carbonyl (C=O) groups is 1. The van der Waals surface area contributed by atoms with Crippen molar-refractivity contribution in [2.75, 3.05) is 5.32 Å². The van der Waals surface area contributed by atoms with E-state index in [4.69, 9.17) is 5.11 Å². The van der Waals surface area contributed by atoms with Crippen LogP contribution in [0, 0.1) is 5.92 Å². The van der Waals surface area contributed by atoms with Gasteiger partial charge < -0.3 is 10.4 Å². The van der Waals surface area contributed by atoms with E-state index < -0.39 is 5.97 Å². The maximum absolute atomic E-state index is 11.0. The zero-order valence-corrected chi connectivity index (χ0v) is 13.0. The molecule has 0 unspecified atom stereocenters. The molecule has 0 saturated heterocycles. The Morgan fingerprint density at radius 2 is 1.90 bits per heavy atom. The number of rotatable bonds is 5. The minimum atomic E-state index is -0.640. The summed E-state index contributed by atoms with van der Waals surface area (Å²) in [4.78, 5) is 12.3. The van der Waals surface area contributed by atoms with E-state index in [9.17, 15) is 4.79 Å². The summed E-state index contributed by atoms with van der Waals surface area (Å²) in [6, 6.07) is 8.79. The summed E-state index contributed by atoms with van der Waals surface area (Å²) >= 11 is 1.86. The average molecular weight is 293 g/mol. The van der Waals surface area contributed by atoms with Crippen LogP contribution >= 0.6 is 11.8 Å². The quantitative estimate of drug-likeness (QED) is 0.797. The molecule has 0 heterocycles. The Morgan fingerprint density at radius 3 is 2.50 bits per heavy atom. The molecule has 3 nitrogen and oxygen atoms in total. The fourth-order valence-corrected chi connectivity index (χ4v) is 3.57. The largest absolute Gasteiger partial charge is 0.481 e. The van der Waals surface area contributed by atoms with E-state index in [-0.39, 0.29) is 5.92 Å². The Bertz CT molecular complexity index is 454. The highest BCUT2D eigenvalue weighted by Crippen LogP contribution is 2.33. The van der Waals surface area contributed by atoms with Crippen LogP contribution in [0.5, 0.6) is 0 Å². The van der Waals surface area contributed by atoms with Crippen molar-refractivity contribution in [3.63, 3.8) is 0 Å². The van der Waals surface area contributed by atoms with Crippen molar-refractivity contribution in [2.45, 2.75) is 55.7 Å². The maximum Gasteiger partial charge on any atom is 0.306 e. The zero-order valence-electron chi connectivity index (χ0n) is 12.1. The second-order valence-electron chi connectivity index (χ2n) is 5.69. The Morgan fingerprint density at radius 1 is 1.25 bits per heavy atom. The van der Waals surface area contributed by atoms with E-state index in [0.717, 1.165) is 25.7 Å². The van der Waals surface area contributed by atoms with Crippen molar-refractivity contribution in [3.05, 3.63) is 24.3 Å². The first-order valence-electron chi connectivity index (χ1n) is 7.31. The van der Waals surface area contributed by atoms with Crippen LogP contribution in [-0.4, -0.2) is 22.4 Å². The molecule has 1 saturated carbocycles. The van der Waals surface area contributed by atoms with Crippen LogP contribution in [0.4, 0.5) is 5.69 Å². The lowest BCUT2D eigenvalue weighted by Crippen LogP contribution is -2.29. The number of hydrogen-bond donors (Lipinski definition) is 2. The second kappa shape index (κ2) is 7.02. The van der Waals surface area contributed by atoms with Crippen molar-refractivity contribution in [3.8, 4) is 0 Å². The highest BCUT2D eigenvalue weighted by molar-refractivity contribution is 8.00. The van der Waals surface area contributed by atoms with Crippen molar-refractivity contribution in [1.29, 1.82) is 0 Å². The van der Waals surface area contributed by atoms with E-state index in [1.54, 1.807) is 0 Å². The minimum Gasteiger partial charge on any atom is -0.481 e. The standard InChI is InChI=1S/C16H23NO2S/c1-11(2)20-15-6-4-3-5-14(15)17-13-9-7-12(8-10-13)16(18)19/h3-6,11-13,17H,7-10H2,1-2H3,(H,18,19). The molecule has 1 aliphatic rings. The number of nitrogens with one attached hydrogen (secondary N) is 1. The zero-order chi connectivity index (χ0) is 14.5. The summed E-state index contributed by atoms with van der Waals surface area (Å²) in [6.07, 6.45) is 3.45. The molecular formula is C16H23NO2S. The lowest BCUT2D eigenvalue weighted by Gasteiger charge is -2.28. The summed E-state index contributed by atoms with van der Waals surface area (Å²) < 4.78 is 0. The maximum atomic E-state index is 11.0. The van der Waals surface area contributed by atoms with Gasteiger partial charge in [0.15, 0.2) is 0 Å². The summed E-state index contributed by atoms with van der Waals surface area (Å²) in [5.41, 5.74) is 1.19. The van der Waals surface area contributed by atoms with Crippen molar-refractivity contribution in [1.82, 2.24) is 0 Å². The van der Waals surface area contributed by atoms with Gasteiger partial charge in [0, 0.05) is 21.9 Å². The van der Waals surface area contributed by atoms with Crippen molar-refractivity contribution in [2.24, 2.45) is 5.92 Å². The molecule has 1 fully saturated rings. The average Bonchev–Trinajstić information content (AvgIpc) is 2.41. The van der Waals surface area contributed by atoms with Gasteiger partial charge in [0.25, 0.3) is 0 Å². The third-order valence-corrected chi connectivity index (χ3v) is 4.77. The highest BCUT2D eigenvalue weighted by Gasteiger charge is 2.26. The molecule has 20 heavy (non-hydrogen) atoms. The van der Waals surface area contributed by atoms with Gasteiger partial charge in [0.05, 0.1) is 5.92 Å². The lowest BCUT2D eigenvalue weighted by atomic mass is 9.86. The van der Waals surface area contributed by atoms with Crippen LogP contribution in [0.3, 0.4) is 0 Å². The Balaban J connectivity index is 1.96. The molecule has 0 atom stereocenters. The predicted octanol–water partition coefficient (Wildman–Crippen LogP) is 4.24. The van der Waals surface area contributed by atoms with Gasteiger partial charge in [-0.25, -0.2) is 0 Å². The van der Waals surface area contributed by atoms with Crippen LogP contribution in [0.2, 0.25) is 0 Å². The first-order chi connectivity index (χ1) is 9.56. The third-order valence-electron chi connectivity index (χ3n) is 3.69. The van der Waals surface area contributed by atoms with Gasteiger partial charge in [-0.15, -0.1) is 11.8 Å². The number of thioether (sulfide) groups is 1. The third kappa shape index (κ3) is 4.17. The molecule has 0 spiro atoms. The van der Waals surface area contributed by atoms with E-state index in [1.807, 2.05) is 11.8 Å². The van der Waals surface area contributed by atoms with Gasteiger partial charge in [-0.3, -0.25) is 4.79 Å². The molecule has 0 bridgehead atoms. The van der Waals surface area contributed by atoms with Gasteiger partial charge >= 0.3 is 5.97 Å². The van der Waals surface area contributed by atoms with Crippen LogP contribution in [0.15, 0.2) is 29.2 Å². The van der Waals surface area contributed by atoms with Gasteiger partial charge in [-0.2, -0.15) is 0 Å². The number of benzene rings is 1. The van der Waals surface area contributed by atoms with Crippen LogP contribution in [0.1, 0.15) is 39.5 Å². The van der Waals surface area contributed by atoms with Crippen molar-refractivity contribution < 1.29 is 9.90 Å². The molecule has 4 heteroatoms. The fourth-order valence-electron chi connectivity index (χ4n) is 2.65. The summed E-state index contributed by atoms with van der Waals surface area (Å²) in [6.45, 7) is 4.39. The lowest BCUT2D eigenvalue weighted by molar-refractivity contribution is -0.142. The molecule has 2 N–H and O–H groups in total. The molecule has 0 radical (unpaired) electrons. The summed E-state index contributed by atoms with van der Waals surface area (Å²) in [7, 11) is 0. The SMILES string of the molecule is CC(C)Sc1ccccc1NC1CCC(C(=O)O)CC1. The van der Waals surface area contributed by atoms with E-state index in [2.05, 4.69) is 43.4 Å². The topological polar surface area (TPSA) is 49.3 Å². The highest BCUT2D eigenvalue weighted by atomic mass is 32.2. The molecule has 1 aromatic rings. The Hall–Kier alpha value is -1.16. The first kappa shape index (κ1) is 15.2. The van der Waals surface area contributed by atoms with E-state index in [1.165, 1.54) is 10.6 Å². The Kier molecular flexibility index (Phi) is 5.35. The van der Waals surface area contributed by atoms with Crippen LogP contribution in [-0.2, 0) is 4.79 Å². The molecule has 1 aromatic carbocycles. The Labute approximate surface area is 125 Å². The number of aliphatic carboxylic acids is 1. The molecule has 1 aliphatic carbocycles. The summed E-state index contributed by atoms with van der Waals surface area (Å²) in [5, 5.41) is 13.2. The van der Waals surface area contributed by atoms with E-state index >= 15 is 0 Å². The minimum absolute atomic E-state index is 0.145. The molecule has 0 aliphatic heterocycles. The monoisotopic (exact) mass is 293 g/mol. The number of hydrogen-bond acceptors (Lipinski definition) is 3. The number of carboxylic acid groups (broad SMARTS) is 1. The first-order valence-corrected chi connectivity index (χ1v) is 8.19. The molecule has 0 amide bonds. The second-order valence-corrected chi connectivity index (χ2v) is 7.31. The van der Waals surface area contributed by atoms with Gasteiger partial charge in [0.2, 0.25) is 0 Å². The fraction of sp³-hybridized carbons (Fsp3) is 0.562. The predicted molar refractivity (Wildman–Crippen MR) is 84.4 cm³/mol. The smallest absolute Gasteiger partial charge is 0.306 e. The molecule has 2 rings (SSSR count). The number of anilines is 1. The van der Waals surface area contributed by atoms with Crippen molar-refractivity contribution >= 4 is 23.4 Å². The van der Waals surface area contributed by atoms with Crippen LogP contribution < -0.4 is 5.32 Å². The van der Waals surface area contributed by atoms with Gasteiger partial charge in [-0.1, -0.05) is 26.0 Å². The van der Waals surface area contributed by atoms with Gasteiger partial charge in [0.1, 0.15) is 0 Å².